The summed E-state index contributed by atoms with van der Waals surface area (Å²) in [7, 11) is 0. The molecule has 3 nitrogen and oxygen atoms in total. The maximum Gasteiger partial charge on any atom is 0.222 e. The first-order valence-electron chi connectivity index (χ1n) is 8.01. The minimum atomic E-state index is 0.282. The number of aryl methyl sites for hydroxylation is 2. The van der Waals surface area contributed by atoms with E-state index < -0.39 is 0 Å². The Morgan fingerprint density at radius 2 is 1.91 bits per heavy atom. The summed E-state index contributed by atoms with van der Waals surface area (Å²) in [5.74, 6) is 0.282. The summed E-state index contributed by atoms with van der Waals surface area (Å²) in [5, 5.41) is 3.12. The van der Waals surface area contributed by atoms with Crippen LogP contribution in [0, 0.1) is 6.92 Å². The third-order valence-electron chi connectivity index (χ3n) is 4.15. The van der Waals surface area contributed by atoms with Gasteiger partial charge in [-0.2, -0.15) is 0 Å². The molecule has 1 aromatic heterocycles. The first kappa shape index (κ1) is 15.2. The topological polar surface area (TPSA) is 33.2 Å². The van der Waals surface area contributed by atoms with Gasteiger partial charge in [-0.15, -0.1) is 11.3 Å². The minimum absolute atomic E-state index is 0.282. The molecule has 1 fully saturated rings. The van der Waals surface area contributed by atoms with Gasteiger partial charge in [0.25, 0.3) is 0 Å². The lowest BCUT2D eigenvalue weighted by Crippen LogP contribution is -2.35. The van der Waals surface area contributed by atoms with Gasteiger partial charge in [0.1, 0.15) is 5.01 Å². The fourth-order valence-electron chi connectivity index (χ4n) is 2.79. The van der Waals surface area contributed by atoms with Gasteiger partial charge < -0.3 is 4.90 Å². The van der Waals surface area contributed by atoms with E-state index in [4.69, 9.17) is 0 Å². The standard InChI is InChI=1S/C18H22N2OS/c1-14-5-7-15(8-6-14)18-19-16(13-22-18)9-10-17(21)20-11-3-2-4-12-20/h5-8,13H,2-4,9-12H2,1H3. The van der Waals surface area contributed by atoms with Gasteiger partial charge in [0, 0.05) is 30.5 Å². The summed E-state index contributed by atoms with van der Waals surface area (Å²) >= 11 is 1.66. The van der Waals surface area contributed by atoms with E-state index in [1.807, 2.05) is 4.90 Å². The van der Waals surface area contributed by atoms with Crippen molar-refractivity contribution in [3.05, 3.63) is 40.9 Å². The van der Waals surface area contributed by atoms with E-state index in [-0.39, 0.29) is 5.91 Å². The van der Waals surface area contributed by atoms with Crippen LogP contribution in [0.3, 0.4) is 0 Å². The largest absolute Gasteiger partial charge is 0.343 e. The average Bonchev–Trinajstić information content (AvgIpc) is 3.03. The molecule has 0 saturated carbocycles. The van der Waals surface area contributed by atoms with Crippen LogP contribution in [-0.4, -0.2) is 28.9 Å². The van der Waals surface area contributed by atoms with Crippen molar-refractivity contribution in [2.75, 3.05) is 13.1 Å². The maximum atomic E-state index is 12.2. The second-order valence-corrected chi connectivity index (χ2v) is 6.81. The van der Waals surface area contributed by atoms with Gasteiger partial charge in [0.2, 0.25) is 5.91 Å². The van der Waals surface area contributed by atoms with Crippen molar-refractivity contribution < 1.29 is 4.79 Å². The van der Waals surface area contributed by atoms with Crippen molar-refractivity contribution in [3.63, 3.8) is 0 Å². The summed E-state index contributed by atoms with van der Waals surface area (Å²) in [6.07, 6.45) is 4.89. The zero-order valence-electron chi connectivity index (χ0n) is 13.0. The number of aromatic nitrogens is 1. The molecule has 0 bridgehead atoms. The quantitative estimate of drug-likeness (QED) is 0.852. The van der Waals surface area contributed by atoms with Crippen LogP contribution in [0.2, 0.25) is 0 Å². The van der Waals surface area contributed by atoms with Crippen molar-refractivity contribution in [1.29, 1.82) is 0 Å². The Morgan fingerprint density at radius 3 is 2.64 bits per heavy atom. The number of likely N-dealkylation sites (tertiary alicyclic amines) is 1. The van der Waals surface area contributed by atoms with Gasteiger partial charge in [0.15, 0.2) is 0 Å². The fraction of sp³-hybridized carbons (Fsp3) is 0.444. The Labute approximate surface area is 136 Å². The third kappa shape index (κ3) is 3.74. The van der Waals surface area contributed by atoms with Crippen LogP contribution in [0.5, 0.6) is 0 Å². The predicted molar refractivity (Wildman–Crippen MR) is 91.0 cm³/mol. The maximum absolute atomic E-state index is 12.2. The number of hydrogen-bond acceptors (Lipinski definition) is 3. The molecule has 1 saturated heterocycles. The van der Waals surface area contributed by atoms with E-state index in [2.05, 4.69) is 41.6 Å². The highest BCUT2D eigenvalue weighted by atomic mass is 32.1. The van der Waals surface area contributed by atoms with E-state index in [9.17, 15) is 4.79 Å². The molecule has 1 amide bonds. The number of rotatable bonds is 4. The summed E-state index contributed by atoms with van der Waals surface area (Å²) in [5.41, 5.74) is 3.45. The monoisotopic (exact) mass is 314 g/mol. The molecular weight excluding hydrogens is 292 g/mol. The lowest BCUT2D eigenvalue weighted by Gasteiger charge is -2.26. The molecule has 2 heterocycles. The zero-order chi connectivity index (χ0) is 15.4. The molecule has 1 aromatic carbocycles. The highest BCUT2D eigenvalue weighted by Crippen LogP contribution is 2.24. The highest BCUT2D eigenvalue weighted by molar-refractivity contribution is 7.13. The van der Waals surface area contributed by atoms with E-state index in [1.165, 1.54) is 12.0 Å². The number of piperidine rings is 1. The molecule has 1 aliphatic rings. The molecule has 4 heteroatoms. The Bertz CT molecular complexity index is 627. The lowest BCUT2D eigenvalue weighted by atomic mass is 10.1. The van der Waals surface area contributed by atoms with Crippen LogP contribution in [0.1, 0.15) is 36.9 Å². The summed E-state index contributed by atoms with van der Waals surface area (Å²) in [6, 6.07) is 8.43. The van der Waals surface area contributed by atoms with Crippen molar-refractivity contribution in [3.8, 4) is 10.6 Å². The van der Waals surface area contributed by atoms with E-state index in [1.54, 1.807) is 11.3 Å². The van der Waals surface area contributed by atoms with Crippen molar-refractivity contribution in [2.24, 2.45) is 0 Å². The van der Waals surface area contributed by atoms with Gasteiger partial charge in [-0.3, -0.25) is 4.79 Å². The van der Waals surface area contributed by atoms with Crippen LogP contribution in [0.25, 0.3) is 10.6 Å². The van der Waals surface area contributed by atoms with Crippen LogP contribution < -0.4 is 0 Å². The number of carbonyl (C=O) groups is 1. The van der Waals surface area contributed by atoms with Crippen LogP contribution in [0.15, 0.2) is 29.6 Å². The number of thiazole rings is 1. The third-order valence-corrected chi connectivity index (χ3v) is 5.09. The van der Waals surface area contributed by atoms with Crippen molar-refractivity contribution >= 4 is 17.2 Å². The van der Waals surface area contributed by atoms with Gasteiger partial charge >= 0.3 is 0 Å². The number of carbonyl (C=O) groups excluding carboxylic acids is 1. The van der Waals surface area contributed by atoms with Crippen molar-refractivity contribution in [2.45, 2.75) is 39.0 Å². The average molecular weight is 314 g/mol. The van der Waals surface area contributed by atoms with Gasteiger partial charge in [-0.1, -0.05) is 29.8 Å². The minimum Gasteiger partial charge on any atom is -0.343 e. The van der Waals surface area contributed by atoms with Crippen LogP contribution in [0.4, 0.5) is 0 Å². The Kier molecular flexibility index (Phi) is 4.88. The van der Waals surface area contributed by atoms with Gasteiger partial charge in [-0.05, 0) is 32.6 Å². The van der Waals surface area contributed by atoms with Crippen LogP contribution in [-0.2, 0) is 11.2 Å². The second kappa shape index (κ2) is 7.05. The smallest absolute Gasteiger partial charge is 0.222 e. The molecule has 22 heavy (non-hydrogen) atoms. The van der Waals surface area contributed by atoms with E-state index >= 15 is 0 Å². The Morgan fingerprint density at radius 1 is 1.18 bits per heavy atom. The number of nitrogens with zero attached hydrogens (tertiary/aromatic N) is 2. The molecule has 3 rings (SSSR count). The summed E-state index contributed by atoms with van der Waals surface area (Å²) in [6.45, 7) is 3.96. The second-order valence-electron chi connectivity index (χ2n) is 5.95. The highest BCUT2D eigenvalue weighted by Gasteiger charge is 2.16. The Balaban J connectivity index is 1.57. The molecule has 0 aliphatic carbocycles. The molecular formula is C18H22N2OS. The summed E-state index contributed by atoms with van der Waals surface area (Å²) in [4.78, 5) is 18.9. The lowest BCUT2D eigenvalue weighted by molar-refractivity contribution is -0.132. The number of benzene rings is 1. The molecule has 0 radical (unpaired) electrons. The molecule has 116 valence electrons. The first-order chi connectivity index (χ1) is 10.7. The molecule has 1 aliphatic heterocycles. The number of hydrogen-bond donors (Lipinski definition) is 0. The molecule has 2 aromatic rings. The number of amides is 1. The Hall–Kier alpha value is -1.68. The van der Waals surface area contributed by atoms with Crippen molar-refractivity contribution in [1.82, 2.24) is 9.88 Å². The fourth-order valence-corrected chi connectivity index (χ4v) is 3.65. The van der Waals surface area contributed by atoms with Gasteiger partial charge in [0.05, 0.1) is 5.69 Å². The molecule has 0 spiro atoms. The van der Waals surface area contributed by atoms with E-state index in [0.717, 1.165) is 48.6 Å². The van der Waals surface area contributed by atoms with E-state index in [0.29, 0.717) is 6.42 Å². The van der Waals surface area contributed by atoms with Gasteiger partial charge in [-0.25, -0.2) is 4.98 Å². The normalized spacial score (nSPS) is 15.0. The molecule has 0 atom stereocenters. The molecule has 0 unspecified atom stereocenters. The summed E-state index contributed by atoms with van der Waals surface area (Å²) < 4.78 is 0. The first-order valence-corrected chi connectivity index (χ1v) is 8.89. The predicted octanol–water partition coefficient (Wildman–Crippen LogP) is 4.06. The van der Waals surface area contributed by atoms with Crippen LogP contribution >= 0.6 is 11.3 Å². The SMILES string of the molecule is Cc1ccc(-c2nc(CCC(=O)N3CCCCC3)cs2)cc1. The zero-order valence-corrected chi connectivity index (χ0v) is 13.9. The molecule has 0 N–H and O–H groups in total.